The molecule has 154 valence electrons. The zero-order chi connectivity index (χ0) is 21.6. The summed E-state index contributed by atoms with van der Waals surface area (Å²) in [5.41, 5.74) is 9.56. The van der Waals surface area contributed by atoms with E-state index in [1.807, 2.05) is 66.7 Å². The molecule has 4 aromatic rings. The van der Waals surface area contributed by atoms with Crippen molar-refractivity contribution >= 4 is 11.8 Å². The van der Waals surface area contributed by atoms with E-state index in [9.17, 15) is 9.59 Å². The maximum absolute atomic E-state index is 13.0. The molecule has 0 aliphatic heterocycles. The Morgan fingerprint density at radius 1 is 0.968 bits per heavy atom. The van der Waals surface area contributed by atoms with Crippen LogP contribution in [0, 0.1) is 0 Å². The zero-order valence-electron chi connectivity index (χ0n) is 16.7. The molecule has 0 bridgehead atoms. The van der Waals surface area contributed by atoms with Gasteiger partial charge in [-0.25, -0.2) is 0 Å². The average molecular weight is 411 g/mol. The maximum atomic E-state index is 13.0. The van der Waals surface area contributed by atoms with Crippen LogP contribution in [0.4, 0.5) is 0 Å². The van der Waals surface area contributed by atoms with Gasteiger partial charge in [-0.2, -0.15) is 5.10 Å². The SMILES string of the molecule is NC(=O)[C@H](Cc1ccccc1)NC(=O)c1ncccc1-c1cc(-c2ccccc2)n[nH]1. The van der Waals surface area contributed by atoms with Gasteiger partial charge in [0, 0.05) is 23.7 Å². The second-order valence-electron chi connectivity index (χ2n) is 7.05. The molecule has 0 aliphatic rings. The first kappa shape index (κ1) is 20.0. The molecule has 4 N–H and O–H groups in total. The number of hydrogen-bond acceptors (Lipinski definition) is 4. The number of aromatic amines is 1. The van der Waals surface area contributed by atoms with Crippen molar-refractivity contribution in [1.82, 2.24) is 20.5 Å². The third kappa shape index (κ3) is 4.67. The standard InChI is InChI=1S/C24H21N5O2/c25-23(30)21(14-16-8-3-1-4-9-16)27-24(31)22-18(12-7-13-26-22)20-15-19(28-29-20)17-10-5-2-6-11-17/h1-13,15,21H,14H2,(H2,25,30)(H,27,31)(H,28,29)/t21-/m0/s1. The van der Waals surface area contributed by atoms with E-state index in [0.29, 0.717) is 17.7 Å². The summed E-state index contributed by atoms with van der Waals surface area (Å²) in [6.45, 7) is 0. The molecular formula is C24H21N5O2. The van der Waals surface area contributed by atoms with Crippen LogP contribution in [0.25, 0.3) is 22.5 Å². The first-order chi connectivity index (χ1) is 15.1. The van der Waals surface area contributed by atoms with E-state index in [2.05, 4.69) is 20.5 Å². The predicted octanol–water partition coefficient (Wildman–Crippen LogP) is 2.97. The molecule has 0 saturated heterocycles. The predicted molar refractivity (Wildman–Crippen MR) is 118 cm³/mol. The van der Waals surface area contributed by atoms with E-state index >= 15 is 0 Å². The minimum absolute atomic E-state index is 0.185. The van der Waals surface area contributed by atoms with Crippen LogP contribution in [-0.4, -0.2) is 33.0 Å². The monoisotopic (exact) mass is 411 g/mol. The van der Waals surface area contributed by atoms with Crippen LogP contribution in [0.2, 0.25) is 0 Å². The number of carbonyl (C=O) groups is 2. The van der Waals surface area contributed by atoms with Crippen molar-refractivity contribution in [3.05, 3.63) is 96.3 Å². The molecule has 4 rings (SSSR count). The van der Waals surface area contributed by atoms with Gasteiger partial charge < -0.3 is 11.1 Å². The van der Waals surface area contributed by atoms with Crippen LogP contribution in [0.5, 0.6) is 0 Å². The van der Waals surface area contributed by atoms with Crippen LogP contribution in [0.3, 0.4) is 0 Å². The van der Waals surface area contributed by atoms with Crippen molar-refractivity contribution in [1.29, 1.82) is 0 Å². The van der Waals surface area contributed by atoms with Gasteiger partial charge in [0.2, 0.25) is 5.91 Å². The maximum Gasteiger partial charge on any atom is 0.271 e. The Bertz CT molecular complexity index is 1190. The number of nitrogens with one attached hydrogen (secondary N) is 2. The van der Waals surface area contributed by atoms with E-state index in [1.54, 1.807) is 12.1 Å². The smallest absolute Gasteiger partial charge is 0.271 e. The quantitative estimate of drug-likeness (QED) is 0.434. The second kappa shape index (κ2) is 9.04. The van der Waals surface area contributed by atoms with E-state index in [1.165, 1.54) is 6.20 Å². The number of amides is 2. The molecule has 2 aromatic heterocycles. The Hall–Kier alpha value is -4.26. The van der Waals surface area contributed by atoms with Gasteiger partial charge in [0.25, 0.3) is 5.91 Å². The highest BCUT2D eigenvalue weighted by Crippen LogP contribution is 2.25. The molecule has 2 amide bonds. The lowest BCUT2D eigenvalue weighted by Gasteiger charge is -2.16. The Labute approximate surface area is 179 Å². The lowest BCUT2D eigenvalue weighted by atomic mass is 10.0. The Balaban J connectivity index is 1.58. The third-order valence-corrected chi connectivity index (χ3v) is 4.89. The van der Waals surface area contributed by atoms with Gasteiger partial charge >= 0.3 is 0 Å². The molecule has 0 spiro atoms. The fourth-order valence-electron chi connectivity index (χ4n) is 3.32. The summed E-state index contributed by atoms with van der Waals surface area (Å²) < 4.78 is 0. The number of nitrogens with two attached hydrogens (primary N) is 1. The number of rotatable bonds is 7. The van der Waals surface area contributed by atoms with Gasteiger partial charge in [0.1, 0.15) is 11.7 Å². The molecule has 0 aliphatic carbocycles. The fourth-order valence-corrected chi connectivity index (χ4v) is 3.32. The van der Waals surface area contributed by atoms with Gasteiger partial charge in [-0.3, -0.25) is 19.7 Å². The normalized spacial score (nSPS) is 11.6. The molecule has 7 heteroatoms. The van der Waals surface area contributed by atoms with Crippen molar-refractivity contribution in [2.24, 2.45) is 5.73 Å². The first-order valence-corrected chi connectivity index (χ1v) is 9.82. The number of H-pyrrole nitrogens is 1. The molecule has 2 aromatic carbocycles. The van der Waals surface area contributed by atoms with Crippen molar-refractivity contribution in [2.45, 2.75) is 12.5 Å². The van der Waals surface area contributed by atoms with Crippen molar-refractivity contribution < 1.29 is 9.59 Å². The summed E-state index contributed by atoms with van der Waals surface area (Å²) in [5, 5.41) is 10.0. The van der Waals surface area contributed by atoms with Crippen LogP contribution in [-0.2, 0) is 11.2 Å². The molecular weight excluding hydrogens is 390 g/mol. The number of benzene rings is 2. The van der Waals surface area contributed by atoms with Crippen molar-refractivity contribution in [2.75, 3.05) is 0 Å². The zero-order valence-corrected chi connectivity index (χ0v) is 16.7. The number of nitrogens with zero attached hydrogens (tertiary/aromatic N) is 2. The van der Waals surface area contributed by atoms with Gasteiger partial charge in [-0.1, -0.05) is 60.7 Å². The average Bonchev–Trinajstić information content (AvgIpc) is 3.30. The van der Waals surface area contributed by atoms with Crippen LogP contribution < -0.4 is 11.1 Å². The van der Waals surface area contributed by atoms with Crippen LogP contribution >= 0.6 is 0 Å². The van der Waals surface area contributed by atoms with Gasteiger partial charge in [-0.05, 0) is 23.8 Å². The summed E-state index contributed by atoms with van der Waals surface area (Å²) >= 11 is 0. The third-order valence-electron chi connectivity index (χ3n) is 4.89. The number of aromatic nitrogens is 3. The first-order valence-electron chi connectivity index (χ1n) is 9.82. The highest BCUT2D eigenvalue weighted by molar-refractivity contribution is 6.00. The minimum Gasteiger partial charge on any atom is -0.368 e. The lowest BCUT2D eigenvalue weighted by Crippen LogP contribution is -2.46. The fraction of sp³-hybridized carbons (Fsp3) is 0.0833. The number of hydrogen-bond donors (Lipinski definition) is 3. The van der Waals surface area contributed by atoms with E-state index < -0.39 is 17.9 Å². The summed E-state index contributed by atoms with van der Waals surface area (Å²) in [6, 6.07) is 23.6. The number of carbonyl (C=O) groups excluding carboxylic acids is 2. The topological polar surface area (TPSA) is 114 Å². The summed E-state index contributed by atoms with van der Waals surface area (Å²) in [5.74, 6) is -1.09. The largest absolute Gasteiger partial charge is 0.368 e. The highest BCUT2D eigenvalue weighted by atomic mass is 16.2. The van der Waals surface area contributed by atoms with Crippen molar-refractivity contribution in [3.63, 3.8) is 0 Å². The van der Waals surface area contributed by atoms with E-state index in [0.717, 1.165) is 16.8 Å². The minimum atomic E-state index is -0.855. The second-order valence-corrected chi connectivity index (χ2v) is 7.05. The van der Waals surface area contributed by atoms with E-state index in [4.69, 9.17) is 5.73 Å². The van der Waals surface area contributed by atoms with Crippen LogP contribution in [0.1, 0.15) is 16.1 Å². The highest BCUT2D eigenvalue weighted by Gasteiger charge is 2.23. The van der Waals surface area contributed by atoms with Crippen molar-refractivity contribution in [3.8, 4) is 22.5 Å². The molecule has 1 atom stereocenters. The Morgan fingerprint density at radius 3 is 2.39 bits per heavy atom. The molecule has 0 radical (unpaired) electrons. The van der Waals surface area contributed by atoms with Gasteiger partial charge in [0.15, 0.2) is 0 Å². The summed E-state index contributed by atoms with van der Waals surface area (Å²) in [7, 11) is 0. The van der Waals surface area contributed by atoms with Gasteiger partial charge in [-0.15, -0.1) is 0 Å². The summed E-state index contributed by atoms with van der Waals surface area (Å²) in [6.07, 6.45) is 1.83. The molecule has 0 saturated carbocycles. The Kier molecular flexibility index (Phi) is 5.84. The molecule has 0 fully saturated rings. The number of pyridine rings is 1. The lowest BCUT2D eigenvalue weighted by molar-refractivity contribution is -0.119. The molecule has 31 heavy (non-hydrogen) atoms. The van der Waals surface area contributed by atoms with E-state index in [-0.39, 0.29) is 5.69 Å². The molecule has 2 heterocycles. The van der Waals surface area contributed by atoms with Crippen LogP contribution in [0.15, 0.2) is 85.1 Å². The van der Waals surface area contributed by atoms with Gasteiger partial charge in [0.05, 0.1) is 11.4 Å². The molecule has 0 unspecified atom stereocenters. The molecule has 7 nitrogen and oxygen atoms in total. The summed E-state index contributed by atoms with van der Waals surface area (Å²) in [4.78, 5) is 29.2. The Morgan fingerprint density at radius 2 is 1.68 bits per heavy atom. The number of primary amides is 1.